The summed E-state index contributed by atoms with van der Waals surface area (Å²) in [6, 6.07) is 0. The van der Waals surface area contributed by atoms with Crippen molar-refractivity contribution in [2.45, 2.75) is 20.8 Å². The molecule has 7 heteroatoms. The molecule has 17 heavy (non-hydrogen) atoms. The third-order valence-electron chi connectivity index (χ3n) is 2.08. The standard InChI is InChI=1S/C10H16N4O3/c1-4-14(6-8(15)17-5-2)10(16)9-11-7(3)12-13-9/h4-6H2,1-3H3,(H,11,12,13). The lowest BCUT2D eigenvalue weighted by atomic mass is 10.4. The van der Waals surface area contributed by atoms with Crippen LogP contribution in [0.2, 0.25) is 0 Å². The Hall–Kier alpha value is -1.92. The van der Waals surface area contributed by atoms with Crippen molar-refractivity contribution >= 4 is 11.9 Å². The van der Waals surface area contributed by atoms with E-state index in [9.17, 15) is 9.59 Å². The van der Waals surface area contributed by atoms with E-state index in [1.807, 2.05) is 0 Å². The fraction of sp³-hybridized carbons (Fsp3) is 0.600. The second kappa shape index (κ2) is 5.97. The zero-order chi connectivity index (χ0) is 12.8. The summed E-state index contributed by atoms with van der Waals surface area (Å²) < 4.78 is 4.78. The number of aromatic nitrogens is 3. The van der Waals surface area contributed by atoms with E-state index >= 15 is 0 Å². The number of rotatable bonds is 5. The van der Waals surface area contributed by atoms with E-state index in [4.69, 9.17) is 4.74 Å². The number of carbonyl (C=O) groups is 2. The first-order valence-electron chi connectivity index (χ1n) is 5.42. The van der Waals surface area contributed by atoms with Gasteiger partial charge in [-0.3, -0.25) is 14.7 Å². The molecule has 0 radical (unpaired) electrons. The molecule has 0 fully saturated rings. The number of likely N-dealkylation sites (N-methyl/N-ethyl adjacent to an activating group) is 1. The Morgan fingerprint density at radius 2 is 2.12 bits per heavy atom. The van der Waals surface area contributed by atoms with Gasteiger partial charge >= 0.3 is 5.97 Å². The minimum atomic E-state index is -0.435. The monoisotopic (exact) mass is 240 g/mol. The molecule has 1 amide bonds. The molecular weight excluding hydrogens is 224 g/mol. The normalized spacial score (nSPS) is 10.1. The van der Waals surface area contributed by atoms with Crippen LogP contribution in [0.25, 0.3) is 0 Å². The van der Waals surface area contributed by atoms with E-state index in [0.29, 0.717) is 19.0 Å². The molecule has 0 spiro atoms. The average molecular weight is 240 g/mol. The lowest BCUT2D eigenvalue weighted by Gasteiger charge is -2.17. The Morgan fingerprint density at radius 1 is 1.41 bits per heavy atom. The molecule has 1 N–H and O–H groups in total. The zero-order valence-corrected chi connectivity index (χ0v) is 10.2. The van der Waals surface area contributed by atoms with Crippen LogP contribution in [0.5, 0.6) is 0 Å². The Morgan fingerprint density at radius 3 is 2.59 bits per heavy atom. The highest BCUT2D eigenvalue weighted by Crippen LogP contribution is 2.00. The lowest BCUT2D eigenvalue weighted by Crippen LogP contribution is -2.36. The maximum absolute atomic E-state index is 11.9. The van der Waals surface area contributed by atoms with Crippen LogP contribution >= 0.6 is 0 Å². The summed E-state index contributed by atoms with van der Waals surface area (Å²) in [6.07, 6.45) is 0. The molecule has 1 aromatic rings. The van der Waals surface area contributed by atoms with Gasteiger partial charge in [0, 0.05) is 6.54 Å². The number of ether oxygens (including phenoxy) is 1. The maximum atomic E-state index is 11.9. The molecule has 1 aromatic heterocycles. The number of aryl methyl sites for hydroxylation is 1. The van der Waals surface area contributed by atoms with E-state index in [2.05, 4.69) is 15.2 Å². The number of hydrogen-bond donors (Lipinski definition) is 1. The summed E-state index contributed by atoms with van der Waals surface area (Å²) in [5.41, 5.74) is 0. The van der Waals surface area contributed by atoms with Crippen LogP contribution in [0.3, 0.4) is 0 Å². The number of amides is 1. The number of aromatic amines is 1. The van der Waals surface area contributed by atoms with Crippen molar-refractivity contribution in [3.8, 4) is 0 Å². The van der Waals surface area contributed by atoms with Crippen LogP contribution in [0.4, 0.5) is 0 Å². The Kier molecular flexibility index (Phi) is 4.62. The fourth-order valence-electron chi connectivity index (χ4n) is 1.27. The summed E-state index contributed by atoms with van der Waals surface area (Å²) in [5.74, 6) is -0.200. The Bertz CT molecular complexity index is 402. The first kappa shape index (κ1) is 13.1. The van der Waals surface area contributed by atoms with Crippen LogP contribution in [-0.2, 0) is 9.53 Å². The Balaban J connectivity index is 2.67. The third kappa shape index (κ3) is 3.54. The van der Waals surface area contributed by atoms with Gasteiger partial charge in [0.25, 0.3) is 5.91 Å². The van der Waals surface area contributed by atoms with Gasteiger partial charge in [0.1, 0.15) is 12.4 Å². The van der Waals surface area contributed by atoms with E-state index in [1.54, 1.807) is 20.8 Å². The SMILES string of the molecule is CCOC(=O)CN(CC)C(=O)c1n[nH]c(C)n1. The molecule has 0 atom stereocenters. The summed E-state index contributed by atoms with van der Waals surface area (Å²) in [6.45, 7) is 5.79. The molecule has 7 nitrogen and oxygen atoms in total. The van der Waals surface area contributed by atoms with Crippen LogP contribution < -0.4 is 0 Å². The van der Waals surface area contributed by atoms with E-state index in [1.165, 1.54) is 4.90 Å². The topological polar surface area (TPSA) is 88.2 Å². The number of hydrogen-bond acceptors (Lipinski definition) is 5. The molecule has 1 rings (SSSR count). The number of nitrogens with zero attached hydrogens (tertiary/aromatic N) is 3. The minimum absolute atomic E-state index is 0.0636. The molecule has 0 aliphatic carbocycles. The van der Waals surface area contributed by atoms with Crippen molar-refractivity contribution in [3.05, 3.63) is 11.6 Å². The molecule has 1 heterocycles. The summed E-state index contributed by atoms with van der Waals surface area (Å²) in [5, 5.41) is 6.34. The maximum Gasteiger partial charge on any atom is 0.325 e. The molecule has 0 unspecified atom stereocenters. The smallest absolute Gasteiger partial charge is 0.325 e. The van der Waals surface area contributed by atoms with Gasteiger partial charge in [0.2, 0.25) is 5.82 Å². The van der Waals surface area contributed by atoms with Crippen molar-refractivity contribution in [2.75, 3.05) is 19.7 Å². The van der Waals surface area contributed by atoms with Crippen molar-refractivity contribution in [1.82, 2.24) is 20.1 Å². The van der Waals surface area contributed by atoms with Gasteiger partial charge in [-0.25, -0.2) is 4.98 Å². The highest BCUT2D eigenvalue weighted by atomic mass is 16.5. The van der Waals surface area contributed by atoms with Gasteiger partial charge in [0.15, 0.2) is 0 Å². The largest absolute Gasteiger partial charge is 0.465 e. The third-order valence-corrected chi connectivity index (χ3v) is 2.08. The number of nitrogens with one attached hydrogen (secondary N) is 1. The lowest BCUT2D eigenvalue weighted by molar-refractivity contribution is -0.143. The molecule has 0 saturated carbocycles. The van der Waals surface area contributed by atoms with E-state index in [-0.39, 0.29) is 18.3 Å². The summed E-state index contributed by atoms with van der Waals surface area (Å²) in [7, 11) is 0. The molecule has 94 valence electrons. The number of esters is 1. The highest BCUT2D eigenvalue weighted by molar-refractivity contribution is 5.92. The van der Waals surface area contributed by atoms with Crippen molar-refractivity contribution < 1.29 is 14.3 Å². The molecule has 0 aliphatic heterocycles. The van der Waals surface area contributed by atoms with E-state index < -0.39 is 5.97 Å². The summed E-state index contributed by atoms with van der Waals surface area (Å²) >= 11 is 0. The van der Waals surface area contributed by atoms with E-state index in [0.717, 1.165) is 0 Å². The van der Waals surface area contributed by atoms with Gasteiger partial charge in [-0.1, -0.05) is 0 Å². The fourth-order valence-corrected chi connectivity index (χ4v) is 1.27. The molecular formula is C10H16N4O3. The van der Waals surface area contributed by atoms with Crippen LogP contribution in [0.15, 0.2) is 0 Å². The second-order valence-electron chi connectivity index (χ2n) is 3.37. The Labute approximate surface area is 99.2 Å². The molecule has 0 aromatic carbocycles. The second-order valence-corrected chi connectivity index (χ2v) is 3.37. The first-order valence-corrected chi connectivity index (χ1v) is 5.42. The number of carbonyl (C=O) groups excluding carboxylic acids is 2. The molecule has 0 aliphatic rings. The predicted octanol–water partition coefficient (Wildman–Crippen LogP) is 0.138. The average Bonchev–Trinajstić information content (AvgIpc) is 2.72. The highest BCUT2D eigenvalue weighted by Gasteiger charge is 2.21. The number of H-pyrrole nitrogens is 1. The van der Waals surface area contributed by atoms with Gasteiger partial charge in [-0.15, -0.1) is 5.10 Å². The van der Waals surface area contributed by atoms with Gasteiger partial charge in [-0.05, 0) is 20.8 Å². The van der Waals surface area contributed by atoms with Gasteiger partial charge in [-0.2, -0.15) is 0 Å². The van der Waals surface area contributed by atoms with Crippen molar-refractivity contribution in [3.63, 3.8) is 0 Å². The van der Waals surface area contributed by atoms with Crippen LogP contribution in [-0.4, -0.2) is 51.7 Å². The predicted molar refractivity (Wildman–Crippen MR) is 59.3 cm³/mol. The van der Waals surface area contributed by atoms with Crippen molar-refractivity contribution in [2.24, 2.45) is 0 Å². The van der Waals surface area contributed by atoms with Crippen LogP contribution in [0, 0.1) is 6.92 Å². The first-order chi connectivity index (χ1) is 8.08. The zero-order valence-electron chi connectivity index (χ0n) is 10.2. The minimum Gasteiger partial charge on any atom is -0.465 e. The quantitative estimate of drug-likeness (QED) is 0.739. The van der Waals surface area contributed by atoms with Gasteiger partial charge in [0.05, 0.1) is 6.61 Å². The summed E-state index contributed by atoms with van der Waals surface area (Å²) in [4.78, 5) is 28.4. The molecule has 0 bridgehead atoms. The van der Waals surface area contributed by atoms with Crippen molar-refractivity contribution in [1.29, 1.82) is 0 Å². The van der Waals surface area contributed by atoms with Gasteiger partial charge < -0.3 is 9.64 Å². The molecule has 0 saturated heterocycles. The van der Waals surface area contributed by atoms with Crippen LogP contribution in [0.1, 0.15) is 30.3 Å².